The Morgan fingerprint density at radius 2 is 2.18 bits per heavy atom. The van der Waals surface area contributed by atoms with Gasteiger partial charge in [0.05, 0.1) is 11.9 Å². The van der Waals surface area contributed by atoms with Crippen molar-refractivity contribution in [2.24, 2.45) is 7.05 Å². The Labute approximate surface area is 101 Å². The van der Waals surface area contributed by atoms with Gasteiger partial charge in [-0.25, -0.2) is 4.98 Å². The summed E-state index contributed by atoms with van der Waals surface area (Å²) in [7, 11) is 4.70. The van der Waals surface area contributed by atoms with Crippen LogP contribution in [0.25, 0.3) is 22.3 Å². The standard InChI is InChI=1S/C12H13N4P/c1-7-3-9-11(17)10(15-12(9)13-4-7)8-5-14-16(2)6-8/h3-6H,17H2,1-2H3,(H,13,15). The number of H-pyrrole nitrogens is 1. The Balaban J connectivity index is 2.27. The van der Waals surface area contributed by atoms with Gasteiger partial charge >= 0.3 is 0 Å². The van der Waals surface area contributed by atoms with Gasteiger partial charge in [0.15, 0.2) is 0 Å². The molecule has 3 heterocycles. The van der Waals surface area contributed by atoms with Crippen LogP contribution in [0.15, 0.2) is 24.7 Å². The first kappa shape index (κ1) is 10.5. The minimum absolute atomic E-state index is 0.916. The molecular formula is C12H13N4P. The van der Waals surface area contributed by atoms with Gasteiger partial charge in [0.25, 0.3) is 0 Å². The van der Waals surface area contributed by atoms with Crippen LogP contribution in [0.5, 0.6) is 0 Å². The summed E-state index contributed by atoms with van der Waals surface area (Å²) in [6, 6.07) is 2.14. The first-order valence-corrected chi connectivity index (χ1v) is 5.95. The van der Waals surface area contributed by atoms with Crippen LogP contribution in [-0.2, 0) is 7.05 Å². The maximum absolute atomic E-state index is 4.40. The maximum Gasteiger partial charge on any atom is 0.138 e. The van der Waals surface area contributed by atoms with E-state index in [2.05, 4.69) is 30.4 Å². The Hall–Kier alpha value is -1.67. The minimum Gasteiger partial charge on any atom is -0.339 e. The molecule has 0 fully saturated rings. The molecule has 1 N–H and O–H groups in total. The number of pyridine rings is 1. The smallest absolute Gasteiger partial charge is 0.138 e. The van der Waals surface area contributed by atoms with Crippen LogP contribution in [0, 0.1) is 6.92 Å². The summed E-state index contributed by atoms with van der Waals surface area (Å²) >= 11 is 0. The molecule has 3 aromatic heterocycles. The normalized spacial score (nSPS) is 11.2. The fourth-order valence-corrected chi connectivity index (χ4v) is 2.43. The van der Waals surface area contributed by atoms with Crippen molar-refractivity contribution >= 4 is 25.6 Å². The van der Waals surface area contributed by atoms with E-state index in [1.165, 1.54) is 0 Å². The quantitative estimate of drug-likeness (QED) is 0.663. The van der Waals surface area contributed by atoms with E-state index in [-0.39, 0.29) is 0 Å². The molecule has 4 nitrogen and oxygen atoms in total. The predicted molar refractivity (Wildman–Crippen MR) is 72.4 cm³/mol. The van der Waals surface area contributed by atoms with Crippen LogP contribution in [0.2, 0.25) is 0 Å². The zero-order valence-corrected chi connectivity index (χ0v) is 10.9. The molecule has 0 amide bonds. The number of aromatic amines is 1. The van der Waals surface area contributed by atoms with Crippen LogP contribution in [0.4, 0.5) is 0 Å². The molecule has 0 spiro atoms. The lowest BCUT2D eigenvalue weighted by Gasteiger charge is -1.94. The lowest BCUT2D eigenvalue weighted by atomic mass is 10.2. The number of nitrogens with one attached hydrogen (secondary N) is 1. The summed E-state index contributed by atoms with van der Waals surface area (Å²) in [6.45, 7) is 2.05. The molecule has 0 aliphatic heterocycles. The summed E-state index contributed by atoms with van der Waals surface area (Å²) in [5.41, 5.74) is 4.22. The van der Waals surface area contributed by atoms with E-state index < -0.39 is 0 Å². The number of fused-ring (bicyclic) bond motifs is 1. The maximum atomic E-state index is 4.40. The summed E-state index contributed by atoms with van der Waals surface area (Å²) in [6.07, 6.45) is 5.71. The van der Waals surface area contributed by atoms with E-state index in [9.17, 15) is 0 Å². The van der Waals surface area contributed by atoms with E-state index in [1.54, 1.807) is 4.68 Å². The largest absolute Gasteiger partial charge is 0.339 e. The monoisotopic (exact) mass is 244 g/mol. The van der Waals surface area contributed by atoms with Gasteiger partial charge in [-0.2, -0.15) is 5.10 Å². The van der Waals surface area contributed by atoms with Crippen molar-refractivity contribution in [3.8, 4) is 11.3 Å². The van der Waals surface area contributed by atoms with Crippen molar-refractivity contribution in [1.29, 1.82) is 0 Å². The predicted octanol–water partition coefficient (Wildman–Crippen LogP) is 1.77. The van der Waals surface area contributed by atoms with Gasteiger partial charge in [-0.3, -0.25) is 4.68 Å². The third-order valence-corrected chi connectivity index (χ3v) is 3.42. The molecule has 1 unspecified atom stereocenters. The SMILES string of the molecule is Cc1cnc2[nH]c(-c3cnn(C)c3)c(P)c2c1. The van der Waals surface area contributed by atoms with E-state index in [0.717, 1.165) is 33.2 Å². The van der Waals surface area contributed by atoms with Crippen molar-refractivity contribution < 1.29 is 0 Å². The second-order valence-electron chi connectivity index (χ2n) is 4.23. The second-order valence-corrected chi connectivity index (χ2v) is 4.80. The van der Waals surface area contributed by atoms with Gasteiger partial charge in [0.1, 0.15) is 5.65 Å². The molecule has 3 rings (SSSR count). The highest BCUT2D eigenvalue weighted by atomic mass is 31.0. The minimum atomic E-state index is 0.916. The second kappa shape index (κ2) is 3.67. The van der Waals surface area contributed by atoms with Gasteiger partial charge in [0.2, 0.25) is 0 Å². The zero-order valence-electron chi connectivity index (χ0n) is 9.73. The lowest BCUT2D eigenvalue weighted by molar-refractivity contribution is 0.768. The van der Waals surface area contributed by atoms with Crippen molar-refractivity contribution in [2.45, 2.75) is 6.92 Å². The van der Waals surface area contributed by atoms with Gasteiger partial charge in [-0.05, 0) is 18.6 Å². The molecule has 3 aromatic rings. The molecule has 0 aliphatic rings. The molecule has 0 saturated carbocycles. The summed E-state index contributed by atoms with van der Waals surface area (Å²) < 4.78 is 1.80. The number of hydrogen-bond acceptors (Lipinski definition) is 2. The molecule has 0 aromatic carbocycles. The van der Waals surface area contributed by atoms with E-state index >= 15 is 0 Å². The molecule has 1 atom stereocenters. The molecular weight excluding hydrogens is 231 g/mol. The van der Waals surface area contributed by atoms with Crippen molar-refractivity contribution in [1.82, 2.24) is 19.7 Å². The lowest BCUT2D eigenvalue weighted by Crippen LogP contribution is -1.92. The topological polar surface area (TPSA) is 46.5 Å². The van der Waals surface area contributed by atoms with E-state index in [4.69, 9.17) is 0 Å². The highest BCUT2D eigenvalue weighted by Crippen LogP contribution is 2.23. The molecule has 0 radical (unpaired) electrons. The molecule has 0 aliphatic carbocycles. The van der Waals surface area contributed by atoms with Crippen molar-refractivity contribution in [3.63, 3.8) is 0 Å². The first-order valence-electron chi connectivity index (χ1n) is 5.38. The molecule has 0 saturated heterocycles. The highest BCUT2D eigenvalue weighted by Gasteiger charge is 2.11. The van der Waals surface area contributed by atoms with E-state index in [0.29, 0.717) is 0 Å². The van der Waals surface area contributed by atoms with Crippen molar-refractivity contribution in [2.75, 3.05) is 0 Å². The Morgan fingerprint density at radius 1 is 1.35 bits per heavy atom. The van der Waals surface area contributed by atoms with Gasteiger partial charge in [-0.1, -0.05) is 0 Å². The van der Waals surface area contributed by atoms with Crippen LogP contribution >= 0.6 is 9.24 Å². The highest BCUT2D eigenvalue weighted by molar-refractivity contribution is 7.29. The molecule has 17 heavy (non-hydrogen) atoms. The summed E-state index contributed by atoms with van der Waals surface area (Å²) in [4.78, 5) is 7.73. The first-order chi connectivity index (χ1) is 8.15. The fraction of sp³-hybridized carbons (Fsp3) is 0.167. The molecule has 86 valence electrons. The third-order valence-electron chi connectivity index (χ3n) is 2.82. The van der Waals surface area contributed by atoms with Crippen LogP contribution in [0.1, 0.15) is 5.56 Å². The average molecular weight is 244 g/mol. The van der Waals surface area contributed by atoms with Crippen molar-refractivity contribution in [3.05, 3.63) is 30.2 Å². The fourth-order valence-electron chi connectivity index (χ4n) is 1.97. The van der Waals surface area contributed by atoms with Crippen LogP contribution in [0.3, 0.4) is 0 Å². The Morgan fingerprint density at radius 3 is 2.88 bits per heavy atom. The Kier molecular flexibility index (Phi) is 2.26. The van der Waals surface area contributed by atoms with E-state index in [1.807, 2.05) is 32.6 Å². The van der Waals surface area contributed by atoms with Crippen LogP contribution < -0.4 is 5.30 Å². The zero-order chi connectivity index (χ0) is 12.0. The summed E-state index contributed by atoms with van der Waals surface area (Å²) in [5, 5.41) is 6.48. The Bertz CT molecular complexity index is 696. The average Bonchev–Trinajstić information content (AvgIpc) is 2.84. The molecule has 0 bridgehead atoms. The number of hydrogen-bond donors (Lipinski definition) is 1. The third kappa shape index (κ3) is 1.65. The number of aryl methyl sites for hydroxylation is 2. The summed E-state index contributed by atoms with van der Waals surface area (Å²) in [5.74, 6) is 0. The van der Waals surface area contributed by atoms with Gasteiger partial charge < -0.3 is 4.98 Å². The number of nitrogens with zero attached hydrogens (tertiary/aromatic N) is 3. The molecule has 5 heteroatoms. The number of rotatable bonds is 1. The van der Waals surface area contributed by atoms with Gasteiger partial charge in [0, 0.05) is 35.7 Å². The number of aromatic nitrogens is 4. The van der Waals surface area contributed by atoms with Gasteiger partial charge in [-0.15, -0.1) is 9.24 Å². The van der Waals surface area contributed by atoms with Crippen LogP contribution in [-0.4, -0.2) is 19.7 Å².